The third-order valence-corrected chi connectivity index (χ3v) is 7.32. The van der Waals surface area contributed by atoms with Crippen LogP contribution in [0.3, 0.4) is 0 Å². The van der Waals surface area contributed by atoms with Crippen LogP contribution in [0.5, 0.6) is 0 Å². The highest BCUT2D eigenvalue weighted by Gasteiger charge is 2.78. The van der Waals surface area contributed by atoms with Gasteiger partial charge < -0.3 is 0 Å². The van der Waals surface area contributed by atoms with Crippen molar-refractivity contribution in [1.82, 2.24) is 4.72 Å². The van der Waals surface area contributed by atoms with Gasteiger partial charge in [0.1, 0.15) is 0 Å². The van der Waals surface area contributed by atoms with Gasteiger partial charge in [0.2, 0.25) is 0 Å². The first kappa shape index (κ1) is 19.2. The van der Waals surface area contributed by atoms with E-state index >= 15 is 0 Å². The summed E-state index contributed by atoms with van der Waals surface area (Å²) < 4.78 is 114. The standard InChI is InChI=1S/C14H18F7NO2S/c15-12(16,13(17,18)19)14(20,21)25(23,24)22-7-11-4-8-1-9(5-11)3-10(2-8)6-11/h8-10,22H,1-7H2. The molecular formula is C14H18F7NO2S. The maximum Gasteiger partial charge on any atom is 0.461 e. The van der Waals surface area contributed by atoms with E-state index in [1.807, 2.05) is 0 Å². The smallest absolute Gasteiger partial charge is 0.209 e. The Balaban J connectivity index is 1.76. The van der Waals surface area contributed by atoms with E-state index in [0.29, 0.717) is 37.0 Å². The maximum absolute atomic E-state index is 13.5. The first-order valence-electron chi connectivity index (χ1n) is 8.01. The zero-order valence-electron chi connectivity index (χ0n) is 13.1. The van der Waals surface area contributed by atoms with Gasteiger partial charge in [0.15, 0.2) is 0 Å². The number of rotatable bonds is 5. The molecule has 0 spiro atoms. The number of hydrogen-bond acceptors (Lipinski definition) is 2. The van der Waals surface area contributed by atoms with Crippen LogP contribution in [0.25, 0.3) is 0 Å². The lowest BCUT2D eigenvalue weighted by molar-refractivity contribution is -0.332. The van der Waals surface area contributed by atoms with Crippen LogP contribution < -0.4 is 4.72 Å². The summed E-state index contributed by atoms with van der Waals surface area (Å²) in [5.41, 5.74) is -0.620. The number of hydrogen-bond donors (Lipinski definition) is 1. The van der Waals surface area contributed by atoms with E-state index < -0.39 is 39.3 Å². The van der Waals surface area contributed by atoms with E-state index in [9.17, 15) is 39.2 Å². The topological polar surface area (TPSA) is 46.2 Å². The van der Waals surface area contributed by atoms with Gasteiger partial charge in [-0.2, -0.15) is 30.7 Å². The van der Waals surface area contributed by atoms with Crippen molar-refractivity contribution in [2.45, 2.75) is 55.9 Å². The largest absolute Gasteiger partial charge is 0.461 e. The second-order valence-electron chi connectivity index (χ2n) is 7.83. The molecule has 25 heavy (non-hydrogen) atoms. The highest BCUT2D eigenvalue weighted by atomic mass is 32.2. The fraction of sp³-hybridized carbons (Fsp3) is 1.00. The van der Waals surface area contributed by atoms with Gasteiger partial charge in [-0.05, 0) is 61.7 Å². The zero-order chi connectivity index (χ0) is 18.9. The molecular weight excluding hydrogens is 379 g/mol. The summed E-state index contributed by atoms with van der Waals surface area (Å²) in [6, 6.07) is 0. The summed E-state index contributed by atoms with van der Waals surface area (Å²) in [7, 11) is -6.20. The summed E-state index contributed by atoms with van der Waals surface area (Å²) in [6.45, 7) is -0.525. The Hall–Kier alpha value is -0.580. The second-order valence-corrected chi connectivity index (χ2v) is 9.64. The van der Waals surface area contributed by atoms with Gasteiger partial charge in [0.05, 0.1) is 0 Å². The summed E-state index contributed by atoms with van der Waals surface area (Å²) in [5.74, 6) is -5.65. The molecule has 1 N–H and O–H groups in total. The van der Waals surface area contributed by atoms with Gasteiger partial charge in [0.25, 0.3) is 10.0 Å². The van der Waals surface area contributed by atoms with Crippen molar-refractivity contribution in [3.63, 3.8) is 0 Å². The number of alkyl halides is 7. The molecule has 0 aromatic heterocycles. The molecule has 0 aromatic carbocycles. The predicted octanol–water partition coefficient (Wildman–Crippen LogP) is 3.91. The van der Waals surface area contributed by atoms with E-state index in [1.165, 1.54) is 4.72 Å². The molecule has 4 aliphatic carbocycles. The average molecular weight is 397 g/mol. The lowest BCUT2D eigenvalue weighted by Crippen LogP contribution is -2.60. The van der Waals surface area contributed by atoms with Gasteiger partial charge in [-0.1, -0.05) is 0 Å². The van der Waals surface area contributed by atoms with Gasteiger partial charge in [-0.3, -0.25) is 0 Å². The molecule has 4 fully saturated rings. The summed E-state index contributed by atoms with van der Waals surface area (Å²) >= 11 is 0. The molecule has 0 saturated heterocycles. The van der Waals surface area contributed by atoms with Crippen molar-refractivity contribution < 1.29 is 39.2 Å². The minimum atomic E-state index is -6.67. The third-order valence-electron chi connectivity index (χ3n) is 5.86. The SMILES string of the molecule is O=S(=O)(NCC12CC3CC(CC(C3)C1)C2)C(F)(F)C(F)(F)C(F)(F)F. The van der Waals surface area contributed by atoms with Crippen molar-refractivity contribution in [3.8, 4) is 0 Å². The van der Waals surface area contributed by atoms with E-state index in [1.54, 1.807) is 0 Å². The third kappa shape index (κ3) is 2.94. The van der Waals surface area contributed by atoms with Crippen LogP contribution in [0.2, 0.25) is 0 Å². The van der Waals surface area contributed by atoms with Crippen LogP contribution in [0, 0.1) is 23.2 Å². The van der Waals surface area contributed by atoms with Crippen LogP contribution in [0.4, 0.5) is 30.7 Å². The minimum absolute atomic E-state index is 0.341. The Morgan fingerprint density at radius 2 is 1.24 bits per heavy atom. The maximum atomic E-state index is 13.5. The molecule has 0 heterocycles. The van der Waals surface area contributed by atoms with Gasteiger partial charge in [-0.25, -0.2) is 13.1 Å². The summed E-state index contributed by atoms with van der Waals surface area (Å²) in [4.78, 5) is 0. The van der Waals surface area contributed by atoms with Crippen molar-refractivity contribution in [3.05, 3.63) is 0 Å². The number of sulfonamides is 1. The van der Waals surface area contributed by atoms with Crippen molar-refractivity contribution >= 4 is 10.0 Å². The molecule has 0 aromatic rings. The second kappa shape index (κ2) is 5.46. The van der Waals surface area contributed by atoms with Crippen LogP contribution in [0.1, 0.15) is 38.5 Å². The number of nitrogens with one attached hydrogen (secondary N) is 1. The number of halogens is 7. The van der Waals surface area contributed by atoms with E-state index in [-0.39, 0.29) is 0 Å². The Bertz CT molecular complexity index is 609. The van der Waals surface area contributed by atoms with Crippen molar-refractivity contribution in [1.29, 1.82) is 0 Å². The van der Waals surface area contributed by atoms with Crippen LogP contribution in [-0.2, 0) is 10.0 Å². The molecule has 0 aliphatic heterocycles. The van der Waals surface area contributed by atoms with E-state index in [4.69, 9.17) is 0 Å². The lowest BCUT2D eigenvalue weighted by atomic mass is 9.50. The molecule has 146 valence electrons. The van der Waals surface area contributed by atoms with E-state index in [0.717, 1.165) is 19.3 Å². The molecule has 0 radical (unpaired) electrons. The molecule has 0 atom stereocenters. The van der Waals surface area contributed by atoms with Gasteiger partial charge in [0, 0.05) is 6.54 Å². The predicted molar refractivity (Wildman–Crippen MR) is 73.5 cm³/mol. The highest BCUT2D eigenvalue weighted by molar-refractivity contribution is 7.90. The minimum Gasteiger partial charge on any atom is -0.209 e. The first-order chi connectivity index (χ1) is 11.2. The highest BCUT2D eigenvalue weighted by Crippen LogP contribution is 2.60. The molecule has 4 rings (SSSR count). The van der Waals surface area contributed by atoms with Gasteiger partial charge in [-0.15, -0.1) is 0 Å². The van der Waals surface area contributed by atoms with Crippen molar-refractivity contribution in [2.24, 2.45) is 23.2 Å². The lowest BCUT2D eigenvalue weighted by Gasteiger charge is -2.57. The normalized spacial score (nSPS) is 36.0. The quantitative estimate of drug-likeness (QED) is 0.715. The Kier molecular flexibility index (Phi) is 4.19. The monoisotopic (exact) mass is 397 g/mol. The van der Waals surface area contributed by atoms with Crippen molar-refractivity contribution in [2.75, 3.05) is 6.54 Å². The van der Waals surface area contributed by atoms with Crippen LogP contribution in [0.15, 0.2) is 0 Å². The first-order valence-corrected chi connectivity index (χ1v) is 9.49. The Labute approximate surface area is 140 Å². The van der Waals surface area contributed by atoms with E-state index in [2.05, 4.69) is 0 Å². The molecule has 4 saturated carbocycles. The Morgan fingerprint density at radius 1 is 0.840 bits per heavy atom. The van der Waals surface area contributed by atoms with Gasteiger partial charge >= 0.3 is 17.4 Å². The van der Waals surface area contributed by atoms with Crippen LogP contribution >= 0.6 is 0 Å². The summed E-state index contributed by atoms with van der Waals surface area (Å²) in [5, 5.41) is -6.28. The molecule has 0 amide bonds. The molecule has 11 heteroatoms. The summed E-state index contributed by atoms with van der Waals surface area (Å²) in [6.07, 6.45) is -1.98. The fourth-order valence-electron chi connectivity index (χ4n) is 5.18. The molecule has 0 unspecified atom stereocenters. The van der Waals surface area contributed by atoms with Crippen LogP contribution in [-0.4, -0.2) is 32.3 Å². The Morgan fingerprint density at radius 3 is 1.60 bits per heavy atom. The molecule has 4 bridgehead atoms. The zero-order valence-corrected chi connectivity index (χ0v) is 13.9. The fourth-order valence-corrected chi connectivity index (χ4v) is 6.31. The average Bonchev–Trinajstić information content (AvgIpc) is 2.42. The molecule has 4 aliphatic rings. The molecule has 3 nitrogen and oxygen atoms in total.